The molecule has 2 rings (SSSR count). The molecule has 0 saturated heterocycles. The van der Waals surface area contributed by atoms with Gasteiger partial charge in [-0.05, 0) is 56.1 Å². The predicted molar refractivity (Wildman–Crippen MR) is 114 cm³/mol. The molecule has 0 heterocycles. The van der Waals surface area contributed by atoms with Gasteiger partial charge in [0, 0.05) is 16.1 Å². The number of aliphatic imine (C=N–C) groups is 1. The molecule has 0 aromatic heterocycles. The number of nitrogens with zero attached hydrogens (tertiary/aromatic N) is 1. The molecule has 10 heteroatoms. The van der Waals surface area contributed by atoms with E-state index < -0.39 is 0 Å². The highest BCUT2D eigenvalue weighted by molar-refractivity contribution is 9.11. The summed E-state index contributed by atoms with van der Waals surface area (Å²) in [6.45, 7) is 0.0220. The van der Waals surface area contributed by atoms with Gasteiger partial charge in [-0.25, -0.2) is 4.99 Å². The summed E-state index contributed by atoms with van der Waals surface area (Å²) in [6.07, 6.45) is 1.34. The molecule has 0 unspecified atom stereocenters. The van der Waals surface area contributed by atoms with Crippen molar-refractivity contribution in [2.75, 3.05) is 0 Å². The van der Waals surface area contributed by atoms with Gasteiger partial charge in [0.05, 0.1) is 30.9 Å². The Morgan fingerprint density at radius 1 is 1.08 bits per heavy atom. The molecule has 0 aliphatic rings. The second-order valence-electron chi connectivity index (χ2n) is 4.98. The molecular weight excluding hydrogens is 532 g/mol. The van der Waals surface area contributed by atoms with Gasteiger partial charge in [-0.3, -0.25) is 0 Å². The fourth-order valence-electron chi connectivity index (χ4n) is 1.83. The zero-order chi connectivity index (χ0) is 19.4. The van der Waals surface area contributed by atoms with E-state index in [4.69, 9.17) is 51.0 Å². The molecule has 0 saturated carbocycles. The quantitative estimate of drug-likeness (QED) is 0.342. The molecule has 0 aliphatic heterocycles. The largest absolute Gasteiger partial charge is 0.506 e. The maximum atomic E-state index is 9.72. The minimum atomic E-state index is -0.119. The highest BCUT2D eigenvalue weighted by Gasteiger charge is 2.10. The van der Waals surface area contributed by atoms with Crippen LogP contribution in [0.1, 0.15) is 11.1 Å². The van der Waals surface area contributed by atoms with Gasteiger partial charge in [0.25, 0.3) is 6.02 Å². The van der Waals surface area contributed by atoms with Crippen LogP contribution in [0.3, 0.4) is 0 Å². The van der Waals surface area contributed by atoms with Crippen molar-refractivity contribution in [3.8, 4) is 5.75 Å². The SMILES string of the molecule is NC(=N/C=C(\N)c1cc(Br)c(O)c(Br)c1)OCc1c(Cl)cc(Cl)cc1Cl. The Morgan fingerprint density at radius 3 is 2.15 bits per heavy atom. The van der Waals surface area contributed by atoms with Crippen molar-refractivity contribution in [3.63, 3.8) is 0 Å². The Bertz CT molecular complexity index is 858. The number of hydrogen-bond acceptors (Lipinski definition) is 4. The Hall–Kier alpha value is -1.12. The summed E-state index contributed by atoms with van der Waals surface area (Å²) in [4.78, 5) is 3.95. The molecule has 0 atom stereocenters. The topological polar surface area (TPSA) is 93.9 Å². The molecule has 5 N–H and O–H groups in total. The highest BCUT2D eigenvalue weighted by Crippen LogP contribution is 2.34. The lowest BCUT2D eigenvalue weighted by atomic mass is 10.2. The van der Waals surface area contributed by atoms with Crippen molar-refractivity contribution >= 4 is 78.4 Å². The van der Waals surface area contributed by atoms with Crippen LogP contribution in [-0.4, -0.2) is 11.1 Å². The zero-order valence-electron chi connectivity index (χ0n) is 12.9. The van der Waals surface area contributed by atoms with E-state index in [0.717, 1.165) is 0 Å². The van der Waals surface area contributed by atoms with Crippen LogP contribution in [0.15, 0.2) is 44.4 Å². The summed E-state index contributed by atoms with van der Waals surface area (Å²) in [5, 5.41) is 10.9. The number of phenolic OH excluding ortho intramolecular Hbond substituents is 1. The number of amidine groups is 1. The first kappa shape index (κ1) is 21.2. The van der Waals surface area contributed by atoms with Gasteiger partial charge >= 0.3 is 0 Å². The van der Waals surface area contributed by atoms with Crippen molar-refractivity contribution in [2.24, 2.45) is 16.5 Å². The van der Waals surface area contributed by atoms with E-state index in [1.165, 1.54) is 6.20 Å². The van der Waals surface area contributed by atoms with Gasteiger partial charge in [0.1, 0.15) is 12.4 Å². The average molecular weight is 544 g/mol. The summed E-state index contributed by atoms with van der Waals surface area (Å²) < 4.78 is 6.31. The number of rotatable bonds is 4. The first-order chi connectivity index (χ1) is 12.2. The van der Waals surface area contributed by atoms with Crippen LogP contribution in [-0.2, 0) is 11.3 Å². The Kier molecular flexibility index (Phi) is 7.49. The van der Waals surface area contributed by atoms with Crippen molar-refractivity contribution in [1.29, 1.82) is 0 Å². The molecule has 0 spiro atoms. The minimum Gasteiger partial charge on any atom is -0.506 e. The molecule has 0 amide bonds. The number of aromatic hydroxyl groups is 1. The fourth-order valence-corrected chi connectivity index (χ4v) is 3.95. The number of halogens is 5. The molecule has 2 aromatic rings. The summed E-state index contributed by atoms with van der Waals surface area (Å²) in [5.41, 5.74) is 13.2. The average Bonchev–Trinajstić information content (AvgIpc) is 2.56. The highest BCUT2D eigenvalue weighted by atomic mass is 79.9. The van der Waals surface area contributed by atoms with Gasteiger partial charge < -0.3 is 21.3 Å². The first-order valence-electron chi connectivity index (χ1n) is 6.92. The molecule has 26 heavy (non-hydrogen) atoms. The normalized spacial score (nSPS) is 12.3. The standard InChI is InChI=1S/C16H12Br2Cl3N3O2/c17-10-1-7(2-11(18)15(10)25)14(22)5-24-16(23)26-6-9-12(20)3-8(19)4-13(9)21/h1-5,25H,6,22H2,(H2,23,24)/b14-5-. The molecule has 0 aliphatic carbocycles. The van der Waals surface area contributed by atoms with Gasteiger partial charge in [0.15, 0.2) is 0 Å². The molecule has 0 bridgehead atoms. The van der Waals surface area contributed by atoms with E-state index in [2.05, 4.69) is 36.9 Å². The summed E-state index contributed by atoms with van der Waals surface area (Å²) in [6, 6.07) is 6.28. The van der Waals surface area contributed by atoms with E-state index in [1.54, 1.807) is 24.3 Å². The van der Waals surface area contributed by atoms with Crippen LogP contribution >= 0.6 is 66.7 Å². The minimum absolute atomic E-state index is 0.0220. The molecule has 138 valence electrons. The third-order valence-corrected chi connectivity index (χ3v) is 5.25. The summed E-state index contributed by atoms with van der Waals surface area (Å²) in [7, 11) is 0. The van der Waals surface area contributed by atoms with Crippen molar-refractivity contribution in [1.82, 2.24) is 0 Å². The second kappa shape index (κ2) is 9.19. The summed E-state index contributed by atoms with van der Waals surface area (Å²) >= 11 is 24.5. The summed E-state index contributed by atoms with van der Waals surface area (Å²) in [5.74, 6) is 0.0737. The molecule has 5 nitrogen and oxygen atoms in total. The number of ether oxygens (including phenoxy) is 1. The third kappa shape index (κ3) is 5.44. The van der Waals surface area contributed by atoms with Crippen molar-refractivity contribution in [3.05, 3.63) is 65.6 Å². The van der Waals surface area contributed by atoms with E-state index in [1.807, 2.05) is 0 Å². The zero-order valence-corrected chi connectivity index (χ0v) is 18.4. The maximum absolute atomic E-state index is 9.72. The number of hydrogen-bond donors (Lipinski definition) is 3. The van der Waals surface area contributed by atoms with E-state index in [9.17, 15) is 5.11 Å². The molecule has 0 radical (unpaired) electrons. The van der Waals surface area contributed by atoms with Crippen LogP contribution in [0.4, 0.5) is 0 Å². The Morgan fingerprint density at radius 2 is 1.62 bits per heavy atom. The van der Waals surface area contributed by atoms with Crippen LogP contribution < -0.4 is 11.5 Å². The van der Waals surface area contributed by atoms with Crippen molar-refractivity contribution in [2.45, 2.75) is 6.61 Å². The Labute approximate surface area is 181 Å². The lowest BCUT2D eigenvalue weighted by molar-refractivity contribution is 0.288. The molecular formula is C16H12Br2Cl3N3O2. The molecule has 2 aromatic carbocycles. The van der Waals surface area contributed by atoms with Gasteiger partial charge in [-0.15, -0.1) is 0 Å². The van der Waals surface area contributed by atoms with E-state index >= 15 is 0 Å². The lowest BCUT2D eigenvalue weighted by Crippen LogP contribution is -2.16. The molecule has 0 fully saturated rings. The predicted octanol–water partition coefficient (Wildman–Crippen LogP) is 5.67. The van der Waals surface area contributed by atoms with Crippen LogP contribution in [0, 0.1) is 0 Å². The van der Waals surface area contributed by atoms with E-state index in [0.29, 0.717) is 40.8 Å². The van der Waals surface area contributed by atoms with E-state index in [-0.39, 0.29) is 18.4 Å². The van der Waals surface area contributed by atoms with Crippen LogP contribution in [0.2, 0.25) is 15.1 Å². The third-order valence-electron chi connectivity index (χ3n) is 3.15. The monoisotopic (exact) mass is 541 g/mol. The van der Waals surface area contributed by atoms with Crippen LogP contribution in [0.5, 0.6) is 5.75 Å². The van der Waals surface area contributed by atoms with Crippen molar-refractivity contribution < 1.29 is 9.84 Å². The van der Waals surface area contributed by atoms with Gasteiger partial charge in [0.2, 0.25) is 0 Å². The fraction of sp³-hybridized carbons (Fsp3) is 0.0625. The first-order valence-corrected chi connectivity index (χ1v) is 9.64. The number of benzene rings is 2. The number of phenols is 1. The second-order valence-corrected chi connectivity index (χ2v) is 7.94. The smallest absolute Gasteiger partial charge is 0.287 e. The van der Waals surface area contributed by atoms with Crippen LogP contribution in [0.25, 0.3) is 5.70 Å². The maximum Gasteiger partial charge on any atom is 0.287 e. The van der Waals surface area contributed by atoms with Gasteiger partial charge in [-0.1, -0.05) is 34.8 Å². The number of nitrogens with two attached hydrogens (primary N) is 2. The van der Waals surface area contributed by atoms with Gasteiger partial charge in [-0.2, -0.15) is 0 Å². The Balaban J connectivity index is 2.11. The lowest BCUT2D eigenvalue weighted by Gasteiger charge is -2.09.